The minimum absolute atomic E-state index is 0.0930. The Kier molecular flexibility index (Phi) is 5.22. The van der Waals surface area contributed by atoms with Crippen LogP contribution in [0.1, 0.15) is 11.1 Å². The van der Waals surface area contributed by atoms with Gasteiger partial charge in [0.25, 0.3) is 0 Å². The summed E-state index contributed by atoms with van der Waals surface area (Å²) in [7, 11) is 1.51. The molecule has 0 aromatic heterocycles. The van der Waals surface area contributed by atoms with Gasteiger partial charge >= 0.3 is 0 Å². The SMILES string of the molecule is COCc1ccc(CNC(=O)CCl)cc1F. The van der Waals surface area contributed by atoms with E-state index in [1.54, 1.807) is 12.1 Å². The number of hydrogen-bond donors (Lipinski definition) is 1. The van der Waals surface area contributed by atoms with Crippen molar-refractivity contribution < 1.29 is 13.9 Å². The lowest BCUT2D eigenvalue weighted by Gasteiger charge is -2.06. The van der Waals surface area contributed by atoms with E-state index < -0.39 is 0 Å². The first-order chi connectivity index (χ1) is 7.67. The summed E-state index contributed by atoms with van der Waals surface area (Å²) < 4.78 is 18.3. The van der Waals surface area contributed by atoms with Crippen LogP contribution in [0.5, 0.6) is 0 Å². The van der Waals surface area contributed by atoms with E-state index in [0.29, 0.717) is 11.1 Å². The fourth-order valence-corrected chi connectivity index (χ4v) is 1.32. The Hall–Kier alpha value is -1.13. The number of rotatable bonds is 5. The molecule has 0 aliphatic heterocycles. The van der Waals surface area contributed by atoms with E-state index in [2.05, 4.69) is 5.32 Å². The molecule has 5 heteroatoms. The van der Waals surface area contributed by atoms with E-state index in [9.17, 15) is 9.18 Å². The van der Waals surface area contributed by atoms with Gasteiger partial charge in [0, 0.05) is 19.2 Å². The van der Waals surface area contributed by atoms with Crippen LogP contribution in [-0.4, -0.2) is 18.9 Å². The van der Waals surface area contributed by atoms with Crippen LogP contribution < -0.4 is 5.32 Å². The van der Waals surface area contributed by atoms with Crippen LogP contribution in [-0.2, 0) is 22.7 Å². The van der Waals surface area contributed by atoms with Gasteiger partial charge in [-0.3, -0.25) is 4.79 Å². The van der Waals surface area contributed by atoms with Crippen LogP contribution in [0.3, 0.4) is 0 Å². The number of methoxy groups -OCH3 is 1. The summed E-state index contributed by atoms with van der Waals surface area (Å²) in [4.78, 5) is 10.9. The summed E-state index contributed by atoms with van der Waals surface area (Å²) >= 11 is 5.31. The number of benzene rings is 1. The zero-order valence-electron chi connectivity index (χ0n) is 8.93. The summed E-state index contributed by atoms with van der Waals surface area (Å²) in [6.45, 7) is 0.510. The number of nitrogens with one attached hydrogen (secondary N) is 1. The van der Waals surface area contributed by atoms with E-state index in [1.807, 2.05) is 0 Å². The van der Waals surface area contributed by atoms with Gasteiger partial charge in [-0.1, -0.05) is 12.1 Å². The highest BCUT2D eigenvalue weighted by atomic mass is 35.5. The van der Waals surface area contributed by atoms with Crippen molar-refractivity contribution in [3.8, 4) is 0 Å². The Balaban J connectivity index is 2.62. The molecule has 0 fully saturated rings. The van der Waals surface area contributed by atoms with Crippen molar-refractivity contribution in [2.75, 3.05) is 13.0 Å². The van der Waals surface area contributed by atoms with E-state index in [0.717, 1.165) is 0 Å². The molecule has 0 bridgehead atoms. The van der Waals surface area contributed by atoms with Gasteiger partial charge < -0.3 is 10.1 Å². The second kappa shape index (κ2) is 6.45. The molecule has 88 valence electrons. The van der Waals surface area contributed by atoms with Gasteiger partial charge in [0.2, 0.25) is 5.91 Å². The molecule has 1 N–H and O–H groups in total. The molecule has 0 atom stereocenters. The zero-order valence-corrected chi connectivity index (χ0v) is 9.68. The molecule has 16 heavy (non-hydrogen) atoms. The number of halogens is 2. The number of carbonyl (C=O) groups is 1. The second-order valence-electron chi connectivity index (χ2n) is 3.27. The molecular weight excluding hydrogens is 233 g/mol. The molecule has 0 radical (unpaired) electrons. The molecular formula is C11H13ClFNO2. The van der Waals surface area contributed by atoms with E-state index in [4.69, 9.17) is 16.3 Å². The second-order valence-corrected chi connectivity index (χ2v) is 3.54. The standard InChI is InChI=1S/C11H13ClFNO2/c1-16-7-9-3-2-8(4-10(9)13)6-14-11(15)5-12/h2-4H,5-7H2,1H3,(H,14,15). The summed E-state index contributed by atoms with van der Waals surface area (Å²) in [5.41, 5.74) is 1.19. The first-order valence-corrected chi connectivity index (χ1v) is 5.29. The Morgan fingerprint density at radius 2 is 2.31 bits per heavy atom. The Morgan fingerprint density at radius 3 is 2.88 bits per heavy atom. The maximum Gasteiger partial charge on any atom is 0.235 e. The van der Waals surface area contributed by atoms with E-state index in [-0.39, 0.29) is 30.8 Å². The van der Waals surface area contributed by atoms with E-state index >= 15 is 0 Å². The van der Waals surface area contributed by atoms with Gasteiger partial charge in [-0.25, -0.2) is 4.39 Å². The Labute approximate surface area is 98.5 Å². The fraction of sp³-hybridized carbons (Fsp3) is 0.364. The monoisotopic (exact) mass is 245 g/mol. The predicted molar refractivity (Wildman–Crippen MR) is 59.7 cm³/mol. The predicted octanol–water partition coefficient (Wildman–Crippen LogP) is 1.83. The first kappa shape index (κ1) is 12.9. The van der Waals surface area contributed by atoms with Crippen molar-refractivity contribution in [3.05, 3.63) is 35.1 Å². The largest absolute Gasteiger partial charge is 0.380 e. The molecule has 0 unspecified atom stereocenters. The quantitative estimate of drug-likeness (QED) is 0.804. The molecule has 0 aliphatic rings. The minimum Gasteiger partial charge on any atom is -0.380 e. The van der Waals surface area contributed by atoms with Gasteiger partial charge in [-0.15, -0.1) is 11.6 Å². The summed E-state index contributed by atoms with van der Waals surface area (Å²) in [5.74, 6) is -0.702. The first-order valence-electron chi connectivity index (χ1n) is 4.76. The molecule has 0 aliphatic carbocycles. The van der Waals surface area contributed by atoms with Crippen molar-refractivity contribution in [1.29, 1.82) is 0 Å². The van der Waals surface area contributed by atoms with Gasteiger partial charge in [-0.05, 0) is 11.6 Å². The van der Waals surface area contributed by atoms with Crippen molar-refractivity contribution in [3.63, 3.8) is 0 Å². The van der Waals surface area contributed by atoms with Crippen LogP contribution in [0.15, 0.2) is 18.2 Å². The van der Waals surface area contributed by atoms with Gasteiger partial charge in [0.15, 0.2) is 0 Å². The molecule has 3 nitrogen and oxygen atoms in total. The fourth-order valence-electron chi connectivity index (χ4n) is 1.22. The lowest BCUT2D eigenvalue weighted by Crippen LogP contribution is -2.23. The number of carbonyl (C=O) groups excluding carboxylic acids is 1. The smallest absolute Gasteiger partial charge is 0.235 e. The maximum atomic E-state index is 13.4. The summed E-state index contributed by atoms with van der Waals surface area (Å²) in [6.07, 6.45) is 0. The van der Waals surface area contributed by atoms with Crippen LogP contribution in [0.4, 0.5) is 4.39 Å². The molecule has 1 aromatic rings. The van der Waals surface area contributed by atoms with Gasteiger partial charge in [0.05, 0.1) is 6.61 Å². The zero-order chi connectivity index (χ0) is 12.0. The molecule has 0 heterocycles. The van der Waals surface area contributed by atoms with E-state index in [1.165, 1.54) is 13.2 Å². The normalized spacial score (nSPS) is 10.2. The van der Waals surface area contributed by atoms with Crippen molar-refractivity contribution in [2.45, 2.75) is 13.2 Å². The number of amides is 1. The lowest BCUT2D eigenvalue weighted by atomic mass is 10.1. The van der Waals surface area contributed by atoms with Crippen LogP contribution in [0, 0.1) is 5.82 Å². The van der Waals surface area contributed by atoms with Crippen LogP contribution in [0.25, 0.3) is 0 Å². The Morgan fingerprint density at radius 1 is 1.56 bits per heavy atom. The molecule has 0 spiro atoms. The molecule has 0 saturated heterocycles. The number of alkyl halides is 1. The van der Waals surface area contributed by atoms with Gasteiger partial charge in [-0.2, -0.15) is 0 Å². The Bertz CT molecular complexity index is 371. The highest BCUT2D eigenvalue weighted by Crippen LogP contribution is 2.11. The average Bonchev–Trinajstić information content (AvgIpc) is 2.29. The highest BCUT2D eigenvalue weighted by molar-refractivity contribution is 6.27. The summed E-state index contributed by atoms with van der Waals surface area (Å²) in [6, 6.07) is 4.76. The minimum atomic E-state index is -0.334. The highest BCUT2D eigenvalue weighted by Gasteiger charge is 2.04. The third kappa shape index (κ3) is 3.79. The third-order valence-corrected chi connectivity index (χ3v) is 2.27. The molecule has 1 aromatic carbocycles. The molecule has 1 amide bonds. The van der Waals surface area contributed by atoms with Crippen molar-refractivity contribution >= 4 is 17.5 Å². The van der Waals surface area contributed by atoms with Crippen molar-refractivity contribution in [1.82, 2.24) is 5.32 Å². The average molecular weight is 246 g/mol. The van der Waals surface area contributed by atoms with Crippen LogP contribution >= 0.6 is 11.6 Å². The summed E-state index contributed by atoms with van der Waals surface area (Å²) in [5, 5.41) is 2.56. The third-order valence-electron chi connectivity index (χ3n) is 2.03. The number of hydrogen-bond acceptors (Lipinski definition) is 2. The lowest BCUT2D eigenvalue weighted by molar-refractivity contribution is -0.118. The molecule has 0 saturated carbocycles. The van der Waals surface area contributed by atoms with Crippen molar-refractivity contribution in [2.24, 2.45) is 0 Å². The van der Waals surface area contributed by atoms with Crippen LogP contribution in [0.2, 0.25) is 0 Å². The van der Waals surface area contributed by atoms with Gasteiger partial charge in [0.1, 0.15) is 11.7 Å². The number of ether oxygens (including phenoxy) is 1. The topological polar surface area (TPSA) is 38.3 Å². The molecule has 1 rings (SSSR count). The maximum absolute atomic E-state index is 13.4.